The number of anilines is 1. The van der Waals surface area contributed by atoms with Gasteiger partial charge in [-0.25, -0.2) is 0 Å². The summed E-state index contributed by atoms with van der Waals surface area (Å²) in [5.41, 5.74) is 0.891. The summed E-state index contributed by atoms with van der Waals surface area (Å²) in [7, 11) is 3.25. The van der Waals surface area contributed by atoms with Gasteiger partial charge in [-0.1, -0.05) is 13.8 Å². The molecule has 0 saturated heterocycles. The highest BCUT2D eigenvalue weighted by molar-refractivity contribution is 5.93. The van der Waals surface area contributed by atoms with Crippen LogP contribution in [0.15, 0.2) is 23.2 Å². The molecule has 25 heavy (non-hydrogen) atoms. The number of guanidine groups is 1. The smallest absolute Gasteiger partial charge is 0.195 e. The van der Waals surface area contributed by atoms with E-state index in [-0.39, 0.29) is 6.10 Å². The summed E-state index contributed by atoms with van der Waals surface area (Å²) < 4.78 is 16.4. The molecule has 0 heterocycles. The molecule has 0 fully saturated rings. The van der Waals surface area contributed by atoms with Crippen LogP contribution in [0.3, 0.4) is 0 Å². The van der Waals surface area contributed by atoms with Gasteiger partial charge < -0.3 is 24.8 Å². The van der Waals surface area contributed by atoms with Crippen molar-refractivity contribution < 1.29 is 14.2 Å². The number of nitrogens with zero attached hydrogens (tertiary/aromatic N) is 1. The van der Waals surface area contributed by atoms with Crippen molar-refractivity contribution in [1.29, 1.82) is 0 Å². The highest BCUT2D eigenvalue weighted by Crippen LogP contribution is 2.29. The number of hydrogen-bond acceptors (Lipinski definition) is 4. The van der Waals surface area contributed by atoms with E-state index in [0.29, 0.717) is 24.0 Å². The van der Waals surface area contributed by atoms with Gasteiger partial charge in [0.1, 0.15) is 0 Å². The van der Waals surface area contributed by atoms with Gasteiger partial charge in [0.2, 0.25) is 0 Å². The first-order valence-electron chi connectivity index (χ1n) is 8.94. The normalized spacial score (nSPS) is 12.8. The fourth-order valence-corrected chi connectivity index (χ4v) is 2.48. The Morgan fingerprint density at radius 3 is 2.40 bits per heavy atom. The van der Waals surface area contributed by atoms with E-state index in [1.165, 1.54) is 0 Å². The molecule has 0 aliphatic heterocycles. The van der Waals surface area contributed by atoms with Crippen molar-refractivity contribution in [3.8, 4) is 11.5 Å². The number of nitrogens with one attached hydrogen (secondary N) is 2. The number of rotatable bonds is 10. The van der Waals surface area contributed by atoms with Gasteiger partial charge in [0.05, 0.1) is 20.3 Å². The molecular weight excluding hydrogens is 318 g/mol. The monoisotopic (exact) mass is 351 g/mol. The summed E-state index contributed by atoms with van der Waals surface area (Å²) in [4.78, 5) is 4.65. The zero-order valence-electron chi connectivity index (χ0n) is 16.4. The van der Waals surface area contributed by atoms with Gasteiger partial charge in [-0.2, -0.15) is 0 Å². The molecular formula is C19H33N3O3. The Bertz CT molecular complexity index is 533. The maximum atomic E-state index is 5.78. The Morgan fingerprint density at radius 1 is 1.12 bits per heavy atom. The molecule has 6 nitrogen and oxygen atoms in total. The van der Waals surface area contributed by atoms with E-state index in [0.717, 1.165) is 31.2 Å². The van der Waals surface area contributed by atoms with Crippen molar-refractivity contribution in [2.45, 2.75) is 40.2 Å². The van der Waals surface area contributed by atoms with Crippen LogP contribution >= 0.6 is 0 Å². The van der Waals surface area contributed by atoms with Crippen LogP contribution in [-0.2, 0) is 4.74 Å². The van der Waals surface area contributed by atoms with Gasteiger partial charge in [0, 0.05) is 31.5 Å². The maximum absolute atomic E-state index is 5.78. The molecule has 142 valence electrons. The molecule has 1 unspecified atom stereocenters. The predicted molar refractivity (Wildman–Crippen MR) is 104 cm³/mol. The molecule has 1 atom stereocenters. The fraction of sp³-hybridized carbons (Fsp3) is 0.632. The third-order valence-corrected chi connectivity index (χ3v) is 3.80. The minimum atomic E-state index is 0.234. The lowest BCUT2D eigenvalue weighted by Gasteiger charge is -2.20. The van der Waals surface area contributed by atoms with Crippen molar-refractivity contribution in [3.05, 3.63) is 18.2 Å². The van der Waals surface area contributed by atoms with E-state index in [1.807, 2.05) is 32.0 Å². The van der Waals surface area contributed by atoms with Crippen molar-refractivity contribution in [2.75, 3.05) is 39.2 Å². The van der Waals surface area contributed by atoms with Crippen LogP contribution in [0, 0.1) is 5.92 Å². The topological polar surface area (TPSA) is 64.1 Å². The Hall–Kier alpha value is -1.95. The average molecular weight is 351 g/mol. The highest BCUT2D eigenvalue weighted by Gasteiger charge is 2.13. The highest BCUT2D eigenvalue weighted by atomic mass is 16.5. The summed E-state index contributed by atoms with van der Waals surface area (Å²) in [5, 5.41) is 6.56. The molecule has 0 amide bonds. The summed E-state index contributed by atoms with van der Waals surface area (Å²) in [5.74, 6) is 2.61. The molecule has 0 saturated carbocycles. The first kappa shape index (κ1) is 21.1. The van der Waals surface area contributed by atoms with E-state index < -0.39 is 0 Å². The van der Waals surface area contributed by atoms with Crippen molar-refractivity contribution in [2.24, 2.45) is 10.9 Å². The SMILES string of the molecule is CCNC(=NCCC(OCC)C(C)C)Nc1ccc(OC)c(OC)c1. The molecule has 2 N–H and O–H groups in total. The van der Waals surface area contributed by atoms with Gasteiger partial charge in [0.25, 0.3) is 0 Å². The first-order valence-corrected chi connectivity index (χ1v) is 8.94. The zero-order chi connectivity index (χ0) is 18.7. The average Bonchev–Trinajstić information content (AvgIpc) is 2.60. The molecule has 6 heteroatoms. The third-order valence-electron chi connectivity index (χ3n) is 3.80. The first-order chi connectivity index (χ1) is 12.0. The van der Waals surface area contributed by atoms with Crippen molar-refractivity contribution in [3.63, 3.8) is 0 Å². The van der Waals surface area contributed by atoms with Gasteiger partial charge in [-0.3, -0.25) is 4.99 Å². The number of benzene rings is 1. The Labute approximate surface area is 152 Å². The van der Waals surface area contributed by atoms with E-state index in [4.69, 9.17) is 14.2 Å². The minimum absolute atomic E-state index is 0.234. The Morgan fingerprint density at radius 2 is 1.84 bits per heavy atom. The van der Waals surface area contributed by atoms with Crippen LogP contribution < -0.4 is 20.1 Å². The molecule has 1 rings (SSSR count). The number of aliphatic imine (C=N–C) groups is 1. The van der Waals surface area contributed by atoms with Gasteiger partial charge >= 0.3 is 0 Å². The van der Waals surface area contributed by atoms with Crippen LogP contribution in [-0.4, -0.2) is 46.0 Å². The predicted octanol–water partition coefficient (Wildman–Crippen LogP) is 3.53. The lowest BCUT2D eigenvalue weighted by molar-refractivity contribution is 0.0266. The van der Waals surface area contributed by atoms with Crippen LogP contribution in [0.25, 0.3) is 0 Å². The Kier molecular flexibility index (Phi) is 9.77. The lowest BCUT2D eigenvalue weighted by Crippen LogP contribution is -2.31. The van der Waals surface area contributed by atoms with Crippen LogP contribution in [0.2, 0.25) is 0 Å². The molecule has 0 aliphatic rings. The molecule has 0 spiro atoms. The van der Waals surface area contributed by atoms with E-state index in [9.17, 15) is 0 Å². The minimum Gasteiger partial charge on any atom is -0.493 e. The molecule has 0 aromatic heterocycles. The summed E-state index contributed by atoms with van der Waals surface area (Å²) in [6.45, 7) is 10.7. The molecule has 0 aliphatic carbocycles. The summed E-state index contributed by atoms with van der Waals surface area (Å²) >= 11 is 0. The van der Waals surface area contributed by atoms with Crippen LogP contribution in [0.4, 0.5) is 5.69 Å². The summed E-state index contributed by atoms with van der Waals surface area (Å²) in [6.07, 6.45) is 1.13. The second kappa shape index (κ2) is 11.6. The van der Waals surface area contributed by atoms with Crippen LogP contribution in [0.1, 0.15) is 34.1 Å². The largest absolute Gasteiger partial charge is 0.493 e. The second-order valence-electron chi connectivity index (χ2n) is 5.98. The zero-order valence-corrected chi connectivity index (χ0v) is 16.4. The third kappa shape index (κ3) is 7.22. The van der Waals surface area contributed by atoms with Gasteiger partial charge in [-0.05, 0) is 38.3 Å². The van der Waals surface area contributed by atoms with Gasteiger partial charge in [0.15, 0.2) is 17.5 Å². The standard InChI is InChI=1S/C19H33N3O3/c1-7-20-19(21-12-11-16(14(3)4)25-8-2)22-15-9-10-17(23-5)18(13-15)24-6/h9-10,13-14,16H,7-8,11-12H2,1-6H3,(H2,20,21,22). The van der Waals surface area contributed by atoms with E-state index in [2.05, 4.69) is 29.5 Å². The molecule has 0 radical (unpaired) electrons. The molecule has 0 bridgehead atoms. The van der Waals surface area contributed by atoms with Gasteiger partial charge in [-0.15, -0.1) is 0 Å². The van der Waals surface area contributed by atoms with E-state index >= 15 is 0 Å². The van der Waals surface area contributed by atoms with Crippen molar-refractivity contribution >= 4 is 11.6 Å². The maximum Gasteiger partial charge on any atom is 0.195 e. The van der Waals surface area contributed by atoms with E-state index in [1.54, 1.807) is 14.2 Å². The quantitative estimate of drug-likeness (QED) is 0.499. The second-order valence-corrected chi connectivity index (χ2v) is 5.98. The number of ether oxygens (including phenoxy) is 3. The van der Waals surface area contributed by atoms with Crippen molar-refractivity contribution in [1.82, 2.24) is 5.32 Å². The fourth-order valence-electron chi connectivity index (χ4n) is 2.48. The molecule has 1 aromatic carbocycles. The Balaban J connectivity index is 2.75. The summed E-state index contributed by atoms with van der Waals surface area (Å²) in [6, 6.07) is 5.70. The number of hydrogen-bond donors (Lipinski definition) is 2. The number of methoxy groups -OCH3 is 2. The van der Waals surface area contributed by atoms with Crippen LogP contribution in [0.5, 0.6) is 11.5 Å². The molecule has 1 aromatic rings. The lowest BCUT2D eigenvalue weighted by atomic mass is 10.0.